The average molecular weight is 466 g/mol. The summed E-state index contributed by atoms with van der Waals surface area (Å²) in [5.41, 5.74) is 2.24. The molecule has 0 radical (unpaired) electrons. The number of oxazole rings is 1. The van der Waals surface area contributed by atoms with Crippen LogP contribution in [0.25, 0.3) is 11.3 Å². The van der Waals surface area contributed by atoms with Gasteiger partial charge in [-0.3, -0.25) is 4.99 Å². The fourth-order valence-corrected chi connectivity index (χ4v) is 2.38. The van der Waals surface area contributed by atoms with Crippen molar-refractivity contribution in [3.05, 3.63) is 66.1 Å². The zero-order valence-electron chi connectivity index (χ0n) is 14.9. The first kappa shape index (κ1) is 20.0. The summed E-state index contributed by atoms with van der Waals surface area (Å²) in [5.74, 6) is 3.02. The zero-order valence-corrected chi connectivity index (χ0v) is 17.2. The summed E-state index contributed by atoms with van der Waals surface area (Å²) >= 11 is 0. The van der Waals surface area contributed by atoms with E-state index < -0.39 is 0 Å². The molecular formula is C19H23IN4O2. The highest BCUT2D eigenvalue weighted by Gasteiger charge is 2.07. The van der Waals surface area contributed by atoms with Gasteiger partial charge in [0.25, 0.3) is 0 Å². The second-order valence-corrected chi connectivity index (χ2v) is 5.67. The van der Waals surface area contributed by atoms with E-state index in [9.17, 15) is 0 Å². The average Bonchev–Trinajstić information content (AvgIpc) is 3.30. The maximum absolute atomic E-state index is 5.80. The van der Waals surface area contributed by atoms with Crippen LogP contribution in [0.4, 0.5) is 0 Å². The van der Waals surface area contributed by atoms with Crippen LogP contribution in [0.5, 0.6) is 0 Å². The molecule has 0 spiro atoms. The minimum Gasteiger partial charge on any atom is -0.469 e. The third kappa shape index (κ3) is 5.62. The van der Waals surface area contributed by atoms with Gasteiger partial charge in [-0.2, -0.15) is 0 Å². The summed E-state index contributed by atoms with van der Waals surface area (Å²) in [5, 5.41) is 6.42. The predicted octanol–water partition coefficient (Wildman–Crippen LogP) is 3.77. The molecule has 0 bridgehead atoms. The minimum atomic E-state index is 0. The van der Waals surface area contributed by atoms with Gasteiger partial charge in [0.15, 0.2) is 11.7 Å². The molecule has 0 unspecified atom stereocenters. The zero-order chi connectivity index (χ0) is 17.5. The molecule has 3 aromatic rings. The number of aliphatic imine (C=N–C) groups is 1. The summed E-state index contributed by atoms with van der Waals surface area (Å²) in [6.07, 6.45) is 4.22. The van der Waals surface area contributed by atoms with Crippen LogP contribution in [0.2, 0.25) is 0 Å². The molecule has 0 aliphatic heterocycles. The Hall–Kier alpha value is -2.29. The van der Waals surface area contributed by atoms with Crippen LogP contribution in [0.15, 0.2) is 62.7 Å². The molecule has 0 atom stereocenters. The van der Waals surface area contributed by atoms with Crippen LogP contribution < -0.4 is 10.6 Å². The number of aromatic nitrogens is 1. The molecule has 26 heavy (non-hydrogen) atoms. The van der Waals surface area contributed by atoms with E-state index in [2.05, 4.69) is 39.7 Å². The normalized spacial score (nSPS) is 11.1. The number of furan rings is 1. The van der Waals surface area contributed by atoms with Crippen LogP contribution in [0.1, 0.15) is 17.2 Å². The third-order valence-electron chi connectivity index (χ3n) is 3.76. The number of rotatable bonds is 6. The van der Waals surface area contributed by atoms with E-state index in [1.807, 2.05) is 24.3 Å². The molecule has 0 aliphatic rings. The van der Waals surface area contributed by atoms with Gasteiger partial charge in [-0.25, -0.2) is 4.98 Å². The number of nitrogens with one attached hydrogen (secondary N) is 2. The molecule has 0 aliphatic carbocycles. The number of halogens is 1. The number of hydrogen-bond donors (Lipinski definition) is 2. The predicted molar refractivity (Wildman–Crippen MR) is 113 cm³/mol. The van der Waals surface area contributed by atoms with Gasteiger partial charge in [0.05, 0.1) is 19.0 Å². The summed E-state index contributed by atoms with van der Waals surface area (Å²) in [6, 6.07) is 12.0. The lowest BCUT2D eigenvalue weighted by Gasteiger charge is -2.09. The molecule has 2 aromatic heterocycles. The van der Waals surface area contributed by atoms with E-state index in [-0.39, 0.29) is 24.0 Å². The quantitative estimate of drug-likeness (QED) is 0.329. The molecule has 0 saturated heterocycles. The first-order valence-electron chi connectivity index (χ1n) is 8.23. The van der Waals surface area contributed by atoms with Gasteiger partial charge >= 0.3 is 0 Å². The lowest BCUT2D eigenvalue weighted by molar-refractivity contribution is 0.495. The number of aryl methyl sites for hydroxylation is 1. The summed E-state index contributed by atoms with van der Waals surface area (Å²) in [7, 11) is 1.73. The van der Waals surface area contributed by atoms with Crippen molar-refractivity contribution in [2.24, 2.45) is 4.99 Å². The molecule has 6 nitrogen and oxygen atoms in total. The highest BCUT2D eigenvalue weighted by Crippen LogP contribution is 2.20. The van der Waals surface area contributed by atoms with Crippen molar-refractivity contribution in [2.45, 2.75) is 19.9 Å². The van der Waals surface area contributed by atoms with Crippen LogP contribution in [0, 0.1) is 6.92 Å². The molecule has 2 N–H and O–H groups in total. The fraction of sp³-hybridized carbons (Fsp3) is 0.263. The highest BCUT2D eigenvalue weighted by molar-refractivity contribution is 14.0. The summed E-state index contributed by atoms with van der Waals surface area (Å²) < 4.78 is 11.1. The van der Waals surface area contributed by atoms with Gasteiger partial charge in [-0.15, -0.1) is 24.0 Å². The van der Waals surface area contributed by atoms with Gasteiger partial charge in [-0.1, -0.05) is 29.8 Å². The number of benzene rings is 1. The fourth-order valence-electron chi connectivity index (χ4n) is 2.38. The van der Waals surface area contributed by atoms with Crippen molar-refractivity contribution in [3.8, 4) is 11.3 Å². The molecule has 1 aromatic carbocycles. The van der Waals surface area contributed by atoms with Crippen molar-refractivity contribution < 1.29 is 8.83 Å². The number of guanidine groups is 1. The van der Waals surface area contributed by atoms with Crippen molar-refractivity contribution in [2.75, 3.05) is 13.6 Å². The lowest BCUT2D eigenvalue weighted by atomic mass is 10.1. The van der Waals surface area contributed by atoms with E-state index in [1.165, 1.54) is 5.56 Å². The second kappa shape index (κ2) is 10.0. The highest BCUT2D eigenvalue weighted by atomic mass is 127. The molecule has 0 amide bonds. The Bertz CT molecular complexity index is 810. The topological polar surface area (TPSA) is 75.6 Å². The van der Waals surface area contributed by atoms with Gasteiger partial charge in [0.2, 0.25) is 5.89 Å². The first-order valence-corrected chi connectivity index (χ1v) is 8.23. The van der Waals surface area contributed by atoms with E-state index in [0.29, 0.717) is 18.4 Å². The van der Waals surface area contributed by atoms with Gasteiger partial charge in [0, 0.05) is 25.6 Å². The van der Waals surface area contributed by atoms with Crippen molar-refractivity contribution in [1.82, 2.24) is 15.6 Å². The van der Waals surface area contributed by atoms with Crippen LogP contribution in [0.3, 0.4) is 0 Å². The van der Waals surface area contributed by atoms with Crippen LogP contribution in [-0.2, 0) is 13.0 Å². The Labute approximate surface area is 170 Å². The molecule has 7 heteroatoms. The van der Waals surface area contributed by atoms with Crippen LogP contribution in [-0.4, -0.2) is 24.5 Å². The smallest absolute Gasteiger partial charge is 0.214 e. The second-order valence-electron chi connectivity index (χ2n) is 5.67. The van der Waals surface area contributed by atoms with E-state index in [1.54, 1.807) is 19.5 Å². The molecule has 3 rings (SSSR count). The molecular weight excluding hydrogens is 443 g/mol. The Morgan fingerprint density at radius 3 is 2.65 bits per heavy atom. The maximum atomic E-state index is 5.80. The molecule has 0 saturated carbocycles. The lowest BCUT2D eigenvalue weighted by Crippen LogP contribution is -2.37. The van der Waals surface area contributed by atoms with E-state index >= 15 is 0 Å². The molecule has 0 fully saturated rings. The Morgan fingerprint density at radius 1 is 1.15 bits per heavy atom. The van der Waals surface area contributed by atoms with Crippen molar-refractivity contribution in [3.63, 3.8) is 0 Å². The summed E-state index contributed by atoms with van der Waals surface area (Å²) in [6.45, 7) is 3.25. The van der Waals surface area contributed by atoms with Crippen LogP contribution >= 0.6 is 24.0 Å². The van der Waals surface area contributed by atoms with Crippen molar-refractivity contribution in [1.29, 1.82) is 0 Å². The largest absolute Gasteiger partial charge is 0.469 e. The Morgan fingerprint density at radius 2 is 1.96 bits per heavy atom. The minimum absolute atomic E-state index is 0. The van der Waals surface area contributed by atoms with Gasteiger partial charge in [-0.05, 0) is 19.1 Å². The van der Waals surface area contributed by atoms with Crippen molar-refractivity contribution >= 4 is 29.9 Å². The van der Waals surface area contributed by atoms with Gasteiger partial charge in [0.1, 0.15) is 5.76 Å². The monoisotopic (exact) mass is 466 g/mol. The first-order chi connectivity index (χ1) is 12.2. The number of hydrogen-bond acceptors (Lipinski definition) is 4. The maximum Gasteiger partial charge on any atom is 0.214 e. The molecule has 2 heterocycles. The standard InChI is InChI=1S/C19H22N4O2.HI/c1-14-5-7-15(8-6-14)17-12-22-18(25-17)13-23-19(20-2)21-10-9-16-4-3-11-24-16;/h3-8,11-12H,9-10,13H2,1-2H3,(H2,20,21,23);1H. The third-order valence-corrected chi connectivity index (χ3v) is 3.76. The SMILES string of the molecule is CN=C(NCCc1ccco1)NCc1ncc(-c2ccc(C)cc2)o1.I. The molecule has 138 valence electrons. The van der Waals surface area contributed by atoms with E-state index in [0.717, 1.165) is 30.0 Å². The Balaban J connectivity index is 0.00000243. The van der Waals surface area contributed by atoms with E-state index in [4.69, 9.17) is 8.83 Å². The summed E-state index contributed by atoms with van der Waals surface area (Å²) in [4.78, 5) is 8.51. The van der Waals surface area contributed by atoms with Gasteiger partial charge < -0.3 is 19.5 Å². The Kier molecular flexibility index (Phi) is 7.71. The number of nitrogens with zero attached hydrogens (tertiary/aromatic N) is 2.